The lowest BCUT2D eigenvalue weighted by atomic mass is 10.0. The average molecular weight is 173 g/mol. The van der Waals surface area contributed by atoms with E-state index in [1.54, 1.807) is 0 Å². The molecule has 0 N–H and O–H groups in total. The van der Waals surface area contributed by atoms with E-state index in [4.69, 9.17) is 0 Å². The molecule has 0 aliphatic carbocycles. The zero-order valence-corrected chi connectivity index (χ0v) is 7.53. The molecule has 1 aliphatic rings. The lowest BCUT2D eigenvalue weighted by Gasteiger charge is -2.25. The largest absolute Gasteiger partial charge is 0.370 e. The Balaban J connectivity index is 2.58. The first kappa shape index (κ1) is 8.05. The van der Waals surface area contributed by atoms with Gasteiger partial charge in [-0.05, 0) is 6.07 Å². The highest BCUT2D eigenvalue weighted by molar-refractivity contribution is 6.10. The monoisotopic (exact) mass is 173 g/mol. The Morgan fingerprint density at radius 1 is 1.38 bits per heavy atom. The van der Waals surface area contributed by atoms with Crippen molar-refractivity contribution < 1.29 is 4.79 Å². The van der Waals surface area contributed by atoms with Crippen LogP contribution in [0.2, 0.25) is 0 Å². The van der Waals surface area contributed by atoms with Crippen molar-refractivity contribution in [3.8, 4) is 0 Å². The van der Waals surface area contributed by atoms with Crippen molar-refractivity contribution in [1.29, 1.82) is 0 Å². The predicted molar refractivity (Wildman–Crippen MR) is 53.8 cm³/mol. The van der Waals surface area contributed by atoms with Gasteiger partial charge in [0.05, 0.1) is 0 Å². The summed E-state index contributed by atoms with van der Waals surface area (Å²) in [5, 5.41) is 0. The third kappa shape index (κ3) is 1.24. The SMILES string of the molecule is CN1CC=C(C=O)c2ccccc21. The van der Waals surface area contributed by atoms with Gasteiger partial charge in [-0.2, -0.15) is 0 Å². The van der Waals surface area contributed by atoms with E-state index in [0.717, 1.165) is 29.7 Å². The number of carbonyl (C=O) groups excluding carboxylic acids is 1. The molecule has 0 amide bonds. The third-order valence-corrected chi connectivity index (χ3v) is 2.34. The van der Waals surface area contributed by atoms with Crippen molar-refractivity contribution in [1.82, 2.24) is 0 Å². The van der Waals surface area contributed by atoms with Crippen LogP contribution < -0.4 is 4.90 Å². The smallest absolute Gasteiger partial charge is 0.150 e. The molecule has 1 aromatic carbocycles. The minimum Gasteiger partial charge on any atom is -0.370 e. The lowest BCUT2D eigenvalue weighted by Crippen LogP contribution is -2.21. The Morgan fingerprint density at radius 3 is 2.92 bits per heavy atom. The molecular weight excluding hydrogens is 162 g/mol. The Bertz CT molecular complexity index is 368. The van der Waals surface area contributed by atoms with Crippen LogP contribution in [0, 0.1) is 0 Å². The Labute approximate surface area is 77.5 Å². The van der Waals surface area contributed by atoms with E-state index in [9.17, 15) is 4.79 Å². The highest BCUT2D eigenvalue weighted by atomic mass is 16.1. The summed E-state index contributed by atoms with van der Waals surface area (Å²) in [6.45, 7) is 0.811. The molecular formula is C11H11NO. The topological polar surface area (TPSA) is 20.3 Å². The van der Waals surface area contributed by atoms with Crippen LogP contribution in [-0.4, -0.2) is 19.9 Å². The Morgan fingerprint density at radius 2 is 2.15 bits per heavy atom. The van der Waals surface area contributed by atoms with Gasteiger partial charge in [0, 0.05) is 30.4 Å². The molecule has 0 aromatic heterocycles. The van der Waals surface area contributed by atoms with E-state index in [0.29, 0.717) is 0 Å². The number of fused-ring (bicyclic) bond motifs is 1. The predicted octanol–water partition coefficient (Wildman–Crippen LogP) is 1.72. The van der Waals surface area contributed by atoms with Crippen LogP contribution in [0.4, 0.5) is 5.69 Å². The molecule has 66 valence electrons. The van der Waals surface area contributed by atoms with Crippen molar-refractivity contribution in [2.24, 2.45) is 0 Å². The van der Waals surface area contributed by atoms with Gasteiger partial charge in [0.2, 0.25) is 0 Å². The average Bonchev–Trinajstić information content (AvgIpc) is 2.19. The van der Waals surface area contributed by atoms with Gasteiger partial charge < -0.3 is 4.90 Å². The molecule has 1 aliphatic heterocycles. The summed E-state index contributed by atoms with van der Waals surface area (Å²) in [7, 11) is 2.02. The van der Waals surface area contributed by atoms with E-state index >= 15 is 0 Å². The number of likely N-dealkylation sites (N-methyl/N-ethyl adjacent to an activating group) is 1. The number of aldehydes is 1. The zero-order chi connectivity index (χ0) is 9.26. The van der Waals surface area contributed by atoms with E-state index in [1.165, 1.54) is 0 Å². The van der Waals surface area contributed by atoms with Gasteiger partial charge in [0.25, 0.3) is 0 Å². The Kier molecular flexibility index (Phi) is 1.89. The fraction of sp³-hybridized carbons (Fsp3) is 0.182. The van der Waals surface area contributed by atoms with E-state index in [-0.39, 0.29) is 0 Å². The van der Waals surface area contributed by atoms with E-state index < -0.39 is 0 Å². The van der Waals surface area contributed by atoms with E-state index in [2.05, 4.69) is 4.90 Å². The molecule has 0 atom stereocenters. The first-order chi connectivity index (χ1) is 6.33. The van der Waals surface area contributed by atoms with Crippen LogP contribution in [0.15, 0.2) is 30.3 Å². The van der Waals surface area contributed by atoms with Crippen LogP contribution in [0.25, 0.3) is 5.57 Å². The van der Waals surface area contributed by atoms with Crippen LogP contribution in [0.3, 0.4) is 0 Å². The summed E-state index contributed by atoms with van der Waals surface area (Å²) >= 11 is 0. The molecule has 0 bridgehead atoms. The van der Waals surface area contributed by atoms with Gasteiger partial charge in [0.1, 0.15) is 6.29 Å². The third-order valence-electron chi connectivity index (χ3n) is 2.34. The molecule has 0 unspecified atom stereocenters. The number of benzene rings is 1. The quantitative estimate of drug-likeness (QED) is 0.603. The Hall–Kier alpha value is -1.57. The van der Waals surface area contributed by atoms with Gasteiger partial charge in [-0.15, -0.1) is 0 Å². The first-order valence-electron chi connectivity index (χ1n) is 4.29. The number of carbonyl (C=O) groups is 1. The minimum absolute atomic E-state index is 0.800. The fourth-order valence-electron chi connectivity index (χ4n) is 1.61. The van der Waals surface area contributed by atoms with Crippen molar-refractivity contribution in [2.45, 2.75) is 0 Å². The molecule has 0 saturated carbocycles. The summed E-state index contributed by atoms with van der Waals surface area (Å²) in [5.74, 6) is 0. The second kappa shape index (κ2) is 3.05. The van der Waals surface area contributed by atoms with Gasteiger partial charge in [-0.3, -0.25) is 4.79 Å². The summed E-state index contributed by atoms with van der Waals surface area (Å²) < 4.78 is 0. The number of nitrogens with zero attached hydrogens (tertiary/aromatic N) is 1. The molecule has 2 rings (SSSR count). The summed E-state index contributed by atoms with van der Waals surface area (Å²) in [4.78, 5) is 12.9. The van der Waals surface area contributed by atoms with Gasteiger partial charge >= 0.3 is 0 Å². The second-order valence-electron chi connectivity index (χ2n) is 3.17. The van der Waals surface area contributed by atoms with Crippen LogP contribution in [-0.2, 0) is 4.79 Å². The lowest BCUT2D eigenvalue weighted by molar-refractivity contribution is -0.103. The first-order valence-corrected chi connectivity index (χ1v) is 4.29. The summed E-state index contributed by atoms with van der Waals surface area (Å²) in [6.07, 6.45) is 2.88. The maximum absolute atomic E-state index is 10.7. The molecule has 0 saturated heterocycles. The highest BCUT2D eigenvalue weighted by Crippen LogP contribution is 2.28. The van der Waals surface area contributed by atoms with Crippen LogP contribution in [0.5, 0.6) is 0 Å². The molecule has 13 heavy (non-hydrogen) atoms. The van der Waals surface area contributed by atoms with E-state index in [1.807, 2.05) is 37.4 Å². The summed E-state index contributed by atoms with van der Waals surface area (Å²) in [6, 6.07) is 7.95. The number of allylic oxidation sites excluding steroid dienone is 1. The number of hydrogen-bond donors (Lipinski definition) is 0. The molecule has 1 heterocycles. The van der Waals surface area contributed by atoms with Crippen LogP contribution >= 0.6 is 0 Å². The molecule has 0 spiro atoms. The minimum atomic E-state index is 0.800. The van der Waals surface area contributed by atoms with Gasteiger partial charge in [-0.1, -0.05) is 24.3 Å². The van der Waals surface area contributed by atoms with Crippen molar-refractivity contribution in [3.05, 3.63) is 35.9 Å². The molecule has 1 aromatic rings. The summed E-state index contributed by atoms with van der Waals surface area (Å²) in [5.41, 5.74) is 2.96. The van der Waals surface area contributed by atoms with Crippen LogP contribution in [0.1, 0.15) is 5.56 Å². The standard InChI is InChI=1S/C11H11NO/c1-12-7-6-9(8-13)10-4-2-3-5-11(10)12/h2-6,8H,7H2,1H3. The maximum atomic E-state index is 10.7. The van der Waals surface area contributed by atoms with Crippen molar-refractivity contribution in [2.75, 3.05) is 18.5 Å². The number of rotatable bonds is 1. The molecule has 0 fully saturated rings. The molecule has 2 nitrogen and oxygen atoms in total. The second-order valence-corrected chi connectivity index (χ2v) is 3.17. The number of para-hydroxylation sites is 1. The van der Waals surface area contributed by atoms with Crippen molar-refractivity contribution >= 4 is 17.5 Å². The fourth-order valence-corrected chi connectivity index (χ4v) is 1.61. The zero-order valence-electron chi connectivity index (χ0n) is 7.53. The number of anilines is 1. The normalized spacial score (nSPS) is 14.8. The molecule has 2 heteroatoms. The van der Waals surface area contributed by atoms with Gasteiger partial charge in [0.15, 0.2) is 0 Å². The van der Waals surface area contributed by atoms with Gasteiger partial charge in [-0.25, -0.2) is 0 Å². The maximum Gasteiger partial charge on any atom is 0.150 e. The highest BCUT2D eigenvalue weighted by Gasteiger charge is 2.13. The molecule has 0 radical (unpaired) electrons. The van der Waals surface area contributed by atoms with Crippen molar-refractivity contribution in [3.63, 3.8) is 0 Å². The number of hydrogen-bond acceptors (Lipinski definition) is 2.